The Morgan fingerprint density at radius 1 is 0.818 bits per heavy atom. The van der Waals surface area contributed by atoms with Gasteiger partial charge in [0.25, 0.3) is 0 Å². The molecular formula is C31H28O2. The fourth-order valence-electron chi connectivity index (χ4n) is 6.10. The van der Waals surface area contributed by atoms with Crippen LogP contribution in [0.25, 0.3) is 34.1 Å². The van der Waals surface area contributed by atoms with Crippen molar-refractivity contribution >= 4 is 22.9 Å². The second kappa shape index (κ2) is 8.12. The zero-order valence-corrected chi connectivity index (χ0v) is 18.9. The van der Waals surface area contributed by atoms with Gasteiger partial charge in [0.1, 0.15) is 11.5 Å². The Morgan fingerprint density at radius 2 is 1.58 bits per heavy atom. The van der Waals surface area contributed by atoms with Gasteiger partial charge in [-0.25, -0.2) is 0 Å². The van der Waals surface area contributed by atoms with E-state index < -0.39 is 0 Å². The Balaban J connectivity index is 1.70. The first-order chi connectivity index (χ1) is 16.3. The summed E-state index contributed by atoms with van der Waals surface area (Å²) in [5.41, 5.74) is 7.49. The van der Waals surface area contributed by atoms with E-state index in [-0.39, 0.29) is 0 Å². The van der Waals surface area contributed by atoms with Crippen LogP contribution in [-0.2, 0) is 0 Å². The number of aromatic hydroxyl groups is 1. The molecule has 2 nitrogen and oxygen atoms in total. The second-order valence-corrected chi connectivity index (χ2v) is 9.29. The van der Waals surface area contributed by atoms with Crippen LogP contribution < -0.4 is 4.74 Å². The lowest BCUT2D eigenvalue weighted by Crippen LogP contribution is -2.22. The maximum atomic E-state index is 11.6. The maximum Gasteiger partial charge on any atom is 0.131 e. The molecule has 33 heavy (non-hydrogen) atoms. The lowest BCUT2D eigenvalue weighted by molar-refractivity contribution is 0.381. The summed E-state index contributed by atoms with van der Waals surface area (Å²) in [6.45, 7) is 0. The Bertz CT molecular complexity index is 1370. The first-order valence-electron chi connectivity index (χ1n) is 11.9. The lowest BCUT2D eigenvalue weighted by Gasteiger charge is -2.40. The molecule has 4 aromatic rings. The van der Waals surface area contributed by atoms with Crippen LogP contribution in [0.1, 0.15) is 59.8 Å². The topological polar surface area (TPSA) is 29.5 Å². The zero-order chi connectivity index (χ0) is 22.4. The van der Waals surface area contributed by atoms with Crippen LogP contribution in [0.4, 0.5) is 0 Å². The van der Waals surface area contributed by atoms with Gasteiger partial charge >= 0.3 is 0 Å². The Hall–Kier alpha value is -3.52. The van der Waals surface area contributed by atoms with E-state index in [0.29, 0.717) is 17.6 Å². The number of methoxy groups -OCH3 is 1. The number of fused-ring (bicyclic) bond motifs is 8. The third kappa shape index (κ3) is 3.24. The molecule has 2 unspecified atom stereocenters. The largest absolute Gasteiger partial charge is 0.507 e. The highest BCUT2D eigenvalue weighted by Gasteiger charge is 2.38. The van der Waals surface area contributed by atoms with Crippen LogP contribution >= 0.6 is 0 Å². The van der Waals surface area contributed by atoms with Crippen molar-refractivity contribution in [2.45, 2.75) is 37.5 Å². The molecule has 1 fully saturated rings. The molecule has 2 heteroatoms. The van der Waals surface area contributed by atoms with Crippen molar-refractivity contribution in [2.24, 2.45) is 0 Å². The van der Waals surface area contributed by atoms with Crippen molar-refractivity contribution in [3.8, 4) is 22.6 Å². The van der Waals surface area contributed by atoms with E-state index in [2.05, 4.69) is 54.6 Å². The Morgan fingerprint density at radius 3 is 2.39 bits per heavy atom. The molecule has 1 saturated carbocycles. The van der Waals surface area contributed by atoms with Crippen molar-refractivity contribution in [3.05, 3.63) is 95.1 Å². The van der Waals surface area contributed by atoms with E-state index in [4.69, 9.17) is 4.74 Å². The van der Waals surface area contributed by atoms with Crippen LogP contribution in [0, 0.1) is 0 Å². The van der Waals surface area contributed by atoms with Crippen molar-refractivity contribution in [2.75, 3.05) is 7.11 Å². The van der Waals surface area contributed by atoms with Gasteiger partial charge in [0.05, 0.1) is 7.11 Å². The number of rotatable bonds is 3. The van der Waals surface area contributed by atoms with E-state index in [0.717, 1.165) is 27.6 Å². The molecule has 0 heterocycles. The minimum Gasteiger partial charge on any atom is -0.507 e. The number of phenolic OH excluding ortho intramolecular Hbond substituents is 1. The summed E-state index contributed by atoms with van der Waals surface area (Å²) in [5.74, 6) is 2.06. The van der Waals surface area contributed by atoms with Gasteiger partial charge in [-0.2, -0.15) is 0 Å². The molecule has 0 aliphatic heterocycles. The SMILES string of the molecule is COc1ccc2c3c(c(/C=C\c4ccccc4)c(O)c2c1)C1CCCCC1c1ccccc1-3. The van der Waals surface area contributed by atoms with Crippen molar-refractivity contribution in [1.29, 1.82) is 0 Å². The Kier molecular flexibility index (Phi) is 4.95. The van der Waals surface area contributed by atoms with E-state index in [9.17, 15) is 5.11 Å². The quantitative estimate of drug-likeness (QED) is 0.331. The van der Waals surface area contributed by atoms with Gasteiger partial charge in [0, 0.05) is 10.9 Å². The summed E-state index contributed by atoms with van der Waals surface area (Å²) in [4.78, 5) is 0. The minimum absolute atomic E-state index is 0.360. The van der Waals surface area contributed by atoms with E-state index in [1.165, 1.54) is 47.9 Å². The van der Waals surface area contributed by atoms with Crippen LogP contribution in [-0.4, -0.2) is 12.2 Å². The van der Waals surface area contributed by atoms with Gasteiger partial charge in [0.2, 0.25) is 0 Å². The molecular weight excluding hydrogens is 404 g/mol. The molecule has 0 bridgehead atoms. The molecule has 1 N–H and O–H groups in total. The van der Waals surface area contributed by atoms with E-state index >= 15 is 0 Å². The molecule has 164 valence electrons. The summed E-state index contributed by atoms with van der Waals surface area (Å²) < 4.78 is 5.52. The van der Waals surface area contributed by atoms with Crippen LogP contribution in [0.5, 0.6) is 11.5 Å². The molecule has 0 amide bonds. The molecule has 0 aromatic heterocycles. The van der Waals surface area contributed by atoms with Gasteiger partial charge < -0.3 is 9.84 Å². The molecule has 2 aliphatic rings. The first-order valence-corrected chi connectivity index (χ1v) is 11.9. The third-order valence-corrected chi connectivity index (χ3v) is 7.57. The molecule has 0 saturated heterocycles. The summed E-state index contributed by atoms with van der Waals surface area (Å²) in [7, 11) is 1.68. The van der Waals surface area contributed by atoms with Gasteiger partial charge in [-0.3, -0.25) is 0 Å². The maximum absolute atomic E-state index is 11.6. The van der Waals surface area contributed by atoms with E-state index in [1.807, 2.05) is 30.3 Å². The highest BCUT2D eigenvalue weighted by atomic mass is 16.5. The van der Waals surface area contributed by atoms with Crippen molar-refractivity contribution in [1.82, 2.24) is 0 Å². The zero-order valence-electron chi connectivity index (χ0n) is 18.9. The predicted molar refractivity (Wildman–Crippen MR) is 137 cm³/mol. The van der Waals surface area contributed by atoms with Crippen LogP contribution in [0.15, 0.2) is 72.8 Å². The minimum atomic E-state index is 0.360. The fraction of sp³-hybridized carbons (Fsp3) is 0.226. The summed E-state index contributed by atoms with van der Waals surface area (Å²) in [6.07, 6.45) is 9.15. The highest BCUT2D eigenvalue weighted by Crippen LogP contribution is 2.57. The lowest BCUT2D eigenvalue weighted by atomic mass is 9.63. The Labute approximate surface area is 195 Å². The number of hydrogen-bond donors (Lipinski definition) is 1. The van der Waals surface area contributed by atoms with Crippen molar-refractivity contribution in [3.63, 3.8) is 0 Å². The highest BCUT2D eigenvalue weighted by molar-refractivity contribution is 6.07. The molecule has 4 aromatic carbocycles. The molecule has 2 atom stereocenters. The molecule has 0 radical (unpaired) electrons. The average molecular weight is 433 g/mol. The smallest absolute Gasteiger partial charge is 0.131 e. The number of phenols is 1. The second-order valence-electron chi connectivity index (χ2n) is 9.29. The number of benzene rings is 4. The molecule has 2 aliphatic carbocycles. The average Bonchev–Trinajstić information content (AvgIpc) is 2.88. The van der Waals surface area contributed by atoms with Gasteiger partial charge in [-0.15, -0.1) is 0 Å². The number of ether oxygens (including phenoxy) is 1. The normalized spacial score (nSPS) is 19.2. The van der Waals surface area contributed by atoms with Crippen LogP contribution in [0.3, 0.4) is 0 Å². The monoisotopic (exact) mass is 432 g/mol. The van der Waals surface area contributed by atoms with E-state index in [1.54, 1.807) is 7.11 Å². The standard InChI is InChI=1S/C31H28O2/c1-33-21-16-18-26-28(19-21)31(32)27(17-15-20-9-3-2-4-10-20)30-25-14-8-6-12-23(25)22-11-5-7-13-24(22)29(26)30/h2-5,7,9-11,13,15-19,23,25,32H,6,8,12,14H2,1H3/b17-15-. The van der Waals surface area contributed by atoms with Gasteiger partial charge in [-0.05, 0) is 76.1 Å². The van der Waals surface area contributed by atoms with Crippen molar-refractivity contribution < 1.29 is 9.84 Å². The first kappa shape index (κ1) is 20.1. The summed E-state index contributed by atoms with van der Waals surface area (Å²) >= 11 is 0. The van der Waals surface area contributed by atoms with Crippen LogP contribution in [0.2, 0.25) is 0 Å². The fourth-order valence-corrected chi connectivity index (χ4v) is 6.10. The third-order valence-electron chi connectivity index (χ3n) is 7.57. The summed E-state index contributed by atoms with van der Waals surface area (Å²) in [6, 6.07) is 25.3. The molecule has 0 spiro atoms. The molecule has 6 rings (SSSR count). The predicted octanol–water partition coefficient (Wildman–Crippen LogP) is 8.15. The summed E-state index contributed by atoms with van der Waals surface area (Å²) in [5, 5.41) is 13.6. The van der Waals surface area contributed by atoms with Gasteiger partial charge in [0.15, 0.2) is 0 Å². The van der Waals surface area contributed by atoms with Gasteiger partial charge in [-0.1, -0.05) is 79.6 Å². The number of hydrogen-bond acceptors (Lipinski definition) is 2.